The van der Waals surface area contributed by atoms with E-state index in [0.717, 1.165) is 11.3 Å². The van der Waals surface area contributed by atoms with Crippen LogP contribution < -0.4 is 10.5 Å². The third kappa shape index (κ3) is 3.78. The predicted octanol–water partition coefficient (Wildman–Crippen LogP) is 4.72. The molecule has 0 saturated heterocycles. The highest BCUT2D eigenvalue weighted by Gasteiger charge is 2.61. The Labute approximate surface area is 160 Å². The van der Waals surface area contributed by atoms with Crippen molar-refractivity contribution in [1.82, 2.24) is 5.06 Å². The third-order valence-electron chi connectivity index (χ3n) is 5.86. The molecule has 0 aliphatic heterocycles. The van der Waals surface area contributed by atoms with Gasteiger partial charge in [0.05, 0.1) is 6.04 Å². The van der Waals surface area contributed by atoms with E-state index in [-0.39, 0.29) is 29.4 Å². The number of carbonyl (C=O) groups is 1. The van der Waals surface area contributed by atoms with Gasteiger partial charge in [-0.3, -0.25) is 5.21 Å². The molecule has 1 aliphatic rings. The number of nitrogens with two attached hydrogens (primary N) is 1. The lowest BCUT2D eigenvalue weighted by atomic mass is 10.0. The van der Waals surface area contributed by atoms with Crippen molar-refractivity contribution in [2.45, 2.75) is 45.8 Å². The summed E-state index contributed by atoms with van der Waals surface area (Å²) in [7, 11) is 0. The summed E-state index contributed by atoms with van der Waals surface area (Å²) in [6.07, 6.45) is -0.0271. The lowest BCUT2D eigenvalue weighted by molar-refractivity contribution is -0.0786. The number of ether oxygens (including phenoxy) is 1. The highest BCUT2D eigenvalue weighted by molar-refractivity contribution is 5.71. The van der Waals surface area contributed by atoms with Crippen molar-refractivity contribution >= 4 is 6.03 Å². The summed E-state index contributed by atoms with van der Waals surface area (Å²) in [5.41, 5.74) is 7.50. The fourth-order valence-corrected chi connectivity index (χ4v) is 4.32. The van der Waals surface area contributed by atoms with E-state index in [1.165, 1.54) is 5.56 Å². The molecule has 1 fully saturated rings. The van der Waals surface area contributed by atoms with Crippen LogP contribution in [-0.4, -0.2) is 22.3 Å². The van der Waals surface area contributed by atoms with E-state index in [0.29, 0.717) is 5.06 Å². The van der Waals surface area contributed by atoms with Gasteiger partial charge in [0.1, 0.15) is 11.9 Å². The molecule has 144 valence electrons. The fraction of sp³-hybridized carbons (Fsp3) is 0.409. The predicted molar refractivity (Wildman–Crippen MR) is 105 cm³/mol. The summed E-state index contributed by atoms with van der Waals surface area (Å²) < 4.78 is 6.04. The summed E-state index contributed by atoms with van der Waals surface area (Å²) in [6, 6.07) is 17.1. The minimum absolute atomic E-state index is 0.0183. The van der Waals surface area contributed by atoms with Crippen LogP contribution in [0.25, 0.3) is 0 Å². The zero-order valence-corrected chi connectivity index (χ0v) is 16.3. The number of hydrogen-bond acceptors (Lipinski definition) is 3. The second-order valence-electron chi connectivity index (χ2n) is 7.99. The van der Waals surface area contributed by atoms with E-state index in [2.05, 4.69) is 38.1 Å². The average Bonchev–Trinajstić information content (AvgIpc) is 3.23. The molecule has 0 spiro atoms. The first-order chi connectivity index (χ1) is 12.7. The minimum Gasteiger partial charge on any atom is -0.486 e. The normalized spacial score (nSPS) is 22.6. The largest absolute Gasteiger partial charge is 0.486 e. The van der Waals surface area contributed by atoms with Crippen LogP contribution in [0.3, 0.4) is 0 Å². The number of primary amides is 1. The quantitative estimate of drug-likeness (QED) is 0.572. The van der Waals surface area contributed by atoms with E-state index >= 15 is 0 Å². The van der Waals surface area contributed by atoms with Gasteiger partial charge in [0.25, 0.3) is 0 Å². The Balaban J connectivity index is 1.69. The first kappa shape index (κ1) is 19.2. The summed E-state index contributed by atoms with van der Waals surface area (Å²) in [5, 5.41) is 10.5. The van der Waals surface area contributed by atoms with Gasteiger partial charge in [0.2, 0.25) is 0 Å². The molecule has 27 heavy (non-hydrogen) atoms. The molecule has 0 radical (unpaired) electrons. The van der Waals surface area contributed by atoms with Crippen molar-refractivity contribution in [3.63, 3.8) is 0 Å². The SMILES string of the molecule is CC(Oc1ccc([C@H]2[C@H](C(C)N(O)C(N)=O)C2(C)C)cc1)c1ccccc1. The summed E-state index contributed by atoms with van der Waals surface area (Å²) in [5.74, 6) is 1.21. The number of urea groups is 1. The van der Waals surface area contributed by atoms with Crippen molar-refractivity contribution in [2.75, 3.05) is 0 Å². The third-order valence-corrected chi connectivity index (χ3v) is 5.86. The Morgan fingerprint density at radius 3 is 2.26 bits per heavy atom. The monoisotopic (exact) mass is 368 g/mol. The molecule has 4 atom stereocenters. The van der Waals surface area contributed by atoms with Crippen LogP contribution in [0, 0.1) is 11.3 Å². The van der Waals surface area contributed by atoms with E-state index in [1.807, 2.05) is 44.2 Å². The maximum absolute atomic E-state index is 11.3. The Kier molecular flexibility index (Phi) is 5.16. The zero-order chi connectivity index (χ0) is 19.8. The van der Waals surface area contributed by atoms with Gasteiger partial charge in [0, 0.05) is 0 Å². The van der Waals surface area contributed by atoms with Crippen LogP contribution in [0.2, 0.25) is 0 Å². The molecular formula is C22H28N2O3. The highest BCUT2D eigenvalue weighted by Crippen LogP contribution is 2.66. The molecule has 5 nitrogen and oxygen atoms in total. The number of hydrogen-bond donors (Lipinski definition) is 2. The van der Waals surface area contributed by atoms with Crippen molar-refractivity contribution in [2.24, 2.45) is 17.1 Å². The average molecular weight is 368 g/mol. The summed E-state index contributed by atoms with van der Waals surface area (Å²) >= 11 is 0. The molecule has 1 saturated carbocycles. The number of carbonyl (C=O) groups excluding carboxylic acids is 1. The molecule has 3 rings (SSSR count). The van der Waals surface area contributed by atoms with Gasteiger partial charge < -0.3 is 10.5 Å². The molecule has 3 N–H and O–H groups in total. The summed E-state index contributed by atoms with van der Waals surface area (Å²) in [4.78, 5) is 11.3. The number of amides is 2. The Hall–Kier alpha value is -2.53. The van der Waals surface area contributed by atoms with Crippen LogP contribution >= 0.6 is 0 Å². The van der Waals surface area contributed by atoms with E-state index < -0.39 is 6.03 Å². The minimum atomic E-state index is -0.817. The van der Waals surface area contributed by atoms with Crippen LogP contribution in [0.5, 0.6) is 5.75 Å². The Morgan fingerprint density at radius 1 is 1.11 bits per heavy atom. The first-order valence-corrected chi connectivity index (χ1v) is 9.32. The standard InChI is InChI=1S/C22H28N2O3/c1-14(24(26)21(23)25)19-20(22(19,3)4)17-10-12-18(13-11-17)27-15(2)16-8-6-5-7-9-16/h5-15,19-20,26H,1-4H3,(H2,23,25)/t14?,15?,19-,20-/m0/s1. The molecule has 2 aromatic carbocycles. The smallest absolute Gasteiger partial charge is 0.338 e. The first-order valence-electron chi connectivity index (χ1n) is 9.32. The van der Waals surface area contributed by atoms with Gasteiger partial charge in [-0.15, -0.1) is 0 Å². The van der Waals surface area contributed by atoms with Crippen LogP contribution in [0.1, 0.15) is 50.8 Å². The number of nitrogens with zero attached hydrogens (tertiary/aromatic N) is 1. The van der Waals surface area contributed by atoms with Crippen LogP contribution in [0.15, 0.2) is 54.6 Å². The van der Waals surface area contributed by atoms with Crippen molar-refractivity contribution in [3.8, 4) is 5.75 Å². The molecular weight excluding hydrogens is 340 g/mol. The van der Waals surface area contributed by atoms with Crippen molar-refractivity contribution in [3.05, 3.63) is 65.7 Å². The number of hydroxylamine groups is 2. The Morgan fingerprint density at radius 2 is 1.70 bits per heavy atom. The molecule has 5 heteroatoms. The number of rotatable bonds is 6. The molecule has 2 unspecified atom stereocenters. The van der Waals surface area contributed by atoms with Gasteiger partial charge in [0.15, 0.2) is 0 Å². The second-order valence-corrected chi connectivity index (χ2v) is 7.99. The van der Waals surface area contributed by atoms with E-state index in [9.17, 15) is 10.0 Å². The number of benzene rings is 2. The molecule has 0 aromatic heterocycles. The topological polar surface area (TPSA) is 75.8 Å². The van der Waals surface area contributed by atoms with Gasteiger partial charge in [-0.25, -0.2) is 9.86 Å². The highest BCUT2D eigenvalue weighted by atomic mass is 16.5. The van der Waals surface area contributed by atoms with Crippen molar-refractivity contribution in [1.29, 1.82) is 0 Å². The molecule has 0 heterocycles. The van der Waals surface area contributed by atoms with E-state index in [4.69, 9.17) is 10.5 Å². The maximum Gasteiger partial charge on any atom is 0.338 e. The van der Waals surface area contributed by atoms with Crippen molar-refractivity contribution < 1.29 is 14.7 Å². The second kappa shape index (κ2) is 7.24. The fourth-order valence-electron chi connectivity index (χ4n) is 4.32. The molecule has 0 bridgehead atoms. The van der Waals surface area contributed by atoms with Gasteiger partial charge in [-0.2, -0.15) is 0 Å². The zero-order valence-electron chi connectivity index (χ0n) is 16.3. The molecule has 2 aromatic rings. The maximum atomic E-state index is 11.3. The lowest BCUT2D eigenvalue weighted by Crippen LogP contribution is -2.41. The van der Waals surface area contributed by atoms with Crippen LogP contribution in [-0.2, 0) is 0 Å². The Bertz CT molecular complexity index is 789. The molecule has 2 amide bonds. The van der Waals surface area contributed by atoms with Crippen LogP contribution in [0.4, 0.5) is 4.79 Å². The van der Waals surface area contributed by atoms with Gasteiger partial charge >= 0.3 is 6.03 Å². The van der Waals surface area contributed by atoms with E-state index in [1.54, 1.807) is 0 Å². The summed E-state index contributed by atoms with van der Waals surface area (Å²) in [6.45, 7) is 8.16. The molecule has 1 aliphatic carbocycles. The van der Waals surface area contributed by atoms with Gasteiger partial charge in [-0.05, 0) is 54.4 Å². The van der Waals surface area contributed by atoms with Gasteiger partial charge in [-0.1, -0.05) is 56.3 Å². The lowest BCUT2D eigenvalue weighted by Gasteiger charge is -2.21.